The zero-order chi connectivity index (χ0) is 11.4. The Balaban J connectivity index is 3.23. The summed E-state index contributed by atoms with van der Waals surface area (Å²) >= 11 is 0. The highest BCUT2D eigenvalue weighted by Gasteiger charge is 2.12. The van der Waals surface area contributed by atoms with Crippen LogP contribution in [0.5, 0.6) is 5.88 Å². The first kappa shape index (κ1) is 11.2. The molecule has 5 nitrogen and oxygen atoms in total. The number of nitrogens with zero attached hydrogens (tertiary/aromatic N) is 1. The molecule has 0 aliphatic rings. The molecule has 1 aromatic rings. The maximum Gasteiger partial charge on any atom is 0.338 e. The molecule has 0 aromatic carbocycles. The van der Waals surface area contributed by atoms with Crippen molar-refractivity contribution in [3.05, 3.63) is 23.4 Å². The van der Waals surface area contributed by atoms with Crippen molar-refractivity contribution in [2.75, 3.05) is 14.2 Å². The van der Waals surface area contributed by atoms with Gasteiger partial charge in [-0.3, -0.25) is 4.79 Å². The van der Waals surface area contributed by atoms with E-state index < -0.39 is 5.97 Å². The predicted molar refractivity (Wildman–Crippen MR) is 52.1 cm³/mol. The zero-order valence-corrected chi connectivity index (χ0v) is 8.73. The third kappa shape index (κ3) is 2.52. The fraction of sp³-hybridized carbons (Fsp3) is 0.300. The van der Waals surface area contributed by atoms with Crippen molar-refractivity contribution in [3.63, 3.8) is 0 Å². The molecule has 0 amide bonds. The first-order chi connectivity index (χ1) is 7.08. The van der Waals surface area contributed by atoms with Gasteiger partial charge in [0.2, 0.25) is 5.88 Å². The number of carbonyl (C=O) groups excluding carboxylic acids is 2. The highest BCUT2D eigenvalue weighted by atomic mass is 16.5. The molecule has 0 spiro atoms. The Labute approximate surface area is 87.0 Å². The monoisotopic (exact) mass is 209 g/mol. The van der Waals surface area contributed by atoms with Crippen molar-refractivity contribution in [1.82, 2.24) is 4.98 Å². The van der Waals surface area contributed by atoms with E-state index in [1.165, 1.54) is 33.3 Å². The topological polar surface area (TPSA) is 65.5 Å². The van der Waals surface area contributed by atoms with Gasteiger partial charge in [-0.25, -0.2) is 9.78 Å². The molecule has 0 aliphatic carbocycles. The molecule has 0 aliphatic heterocycles. The van der Waals surface area contributed by atoms with Crippen LogP contribution in [0.15, 0.2) is 12.1 Å². The molecule has 15 heavy (non-hydrogen) atoms. The van der Waals surface area contributed by atoms with Crippen molar-refractivity contribution in [2.24, 2.45) is 0 Å². The van der Waals surface area contributed by atoms with E-state index >= 15 is 0 Å². The Bertz CT molecular complexity index is 400. The molecule has 0 N–H and O–H groups in total. The molecule has 0 radical (unpaired) electrons. The number of pyridine rings is 1. The van der Waals surface area contributed by atoms with Gasteiger partial charge in [0.05, 0.1) is 19.8 Å². The number of hydrogen-bond donors (Lipinski definition) is 0. The molecule has 1 rings (SSSR count). The number of hydrogen-bond acceptors (Lipinski definition) is 5. The standard InChI is InChI=1S/C10H11NO4/c1-6(12)8-4-7(10(13)15-3)5-9(11-8)14-2/h4-5H,1-3H3. The molecular formula is C10H11NO4. The third-order valence-corrected chi connectivity index (χ3v) is 1.79. The molecule has 80 valence electrons. The van der Waals surface area contributed by atoms with Gasteiger partial charge in [0.1, 0.15) is 5.69 Å². The maximum absolute atomic E-state index is 11.2. The van der Waals surface area contributed by atoms with E-state index in [1.807, 2.05) is 0 Å². The summed E-state index contributed by atoms with van der Waals surface area (Å²) < 4.78 is 9.41. The second-order valence-electron chi connectivity index (χ2n) is 2.83. The Morgan fingerprint density at radius 1 is 1.27 bits per heavy atom. The molecule has 0 bridgehead atoms. The summed E-state index contributed by atoms with van der Waals surface area (Å²) in [7, 11) is 2.68. The van der Waals surface area contributed by atoms with Crippen molar-refractivity contribution < 1.29 is 19.1 Å². The van der Waals surface area contributed by atoms with Gasteiger partial charge < -0.3 is 9.47 Å². The lowest BCUT2D eigenvalue weighted by Gasteiger charge is -2.04. The largest absolute Gasteiger partial charge is 0.481 e. The fourth-order valence-corrected chi connectivity index (χ4v) is 1.03. The van der Waals surface area contributed by atoms with E-state index in [0.29, 0.717) is 0 Å². The molecule has 0 saturated heterocycles. The number of rotatable bonds is 3. The van der Waals surface area contributed by atoms with E-state index in [9.17, 15) is 9.59 Å². The predicted octanol–water partition coefficient (Wildman–Crippen LogP) is 1.08. The van der Waals surface area contributed by atoms with E-state index in [4.69, 9.17) is 4.74 Å². The van der Waals surface area contributed by atoms with Crippen molar-refractivity contribution in [2.45, 2.75) is 6.92 Å². The van der Waals surface area contributed by atoms with Gasteiger partial charge in [-0.1, -0.05) is 0 Å². The first-order valence-corrected chi connectivity index (χ1v) is 4.23. The summed E-state index contributed by atoms with van der Waals surface area (Å²) in [5.41, 5.74) is 0.421. The normalized spacial score (nSPS) is 9.53. The maximum atomic E-state index is 11.2. The number of carbonyl (C=O) groups is 2. The Hall–Kier alpha value is -1.91. The van der Waals surface area contributed by atoms with Crippen LogP contribution in [0.25, 0.3) is 0 Å². The molecule has 0 atom stereocenters. The molecule has 5 heteroatoms. The molecule has 0 unspecified atom stereocenters. The number of Topliss-reactive ketones (excluding diaryl/α,β-unsaturated/α-hetero) is 1. The van der Waals surface area contributed by atoms with Crippen molar-refractivity contribution >= 4 is 11.8 Å². The van der Waals surface area contributed by atoms with E-state index in [0.717, 1.165) is 0 Å². The van der Waals surface area contributed by atoms with Gasteiger partial charge in [0, 0.05) is 13.0 Å². The minimum absolute atomic E-state index is 0.176. The van der Waals surface area contributed by atoms with E-state index in [2.05, 4.69) is 9.72 Å². The van der Waals surface area contributed by atoms with E-state index in [1.54, 1.807) is 0 Å². The minimum atomic E-state index is -0.529. The second kappa shape index (κ2) is 4.54. The van der Waals surface area contributed by atoms with Crippen LogP contribution in [-0.2, 0) is 4.74 Å². The van der Waals surface area contributed by atoms with Gasteiger partial charge in [0.25, 0.3) is 0 Å². The van der Waals surface area contributed by atoms with Crippen LogP contribution < -0.4 is 4.74 Å². The molecule has 0 saturated carbocycles. The molecular weight excluding hydrogens is 198 g/mol. The lowest BCUT2D eigenvalue weighted by molar-refractivity contribution is 0.0600. The van der Waals surface area contributed by atoms with E-state index in [-0.39, 0.29) is 22.9 Å². The number of methoxy groups -OCH3 is 2. The third-order valence-electron chi connectivity index (χ3n) is 1.79. The summed E-state index contributed by atoms with van der Waals surface area (Å²) in [5.74, 6) is -0.555. The average molecular weight is 209 g/mol. The number of ketones is 1. The van der Waals surface area contributed by atoms with Gasteiger partial charge in [-0.2, -0.15) is 0 Å². The summed E-state index contributed by atoms with van der Waals surface area (Å²) in [6, 6.07) is 2.79. The molecule has 1 aromatic heterocycles. The van der Waals surface area contributed by atoms with Crippen LogP contribution >= 0.6 is 0 Å². The lowest BCUT2D eigenvalue weighted by Crippen LogP contribution is -2.06. The molecule has 1 heterocycles. The smallest absolute Gasteiger partial charge is 0.338 e. The van der Waals surface area contributed by atoms with Crippen molar-refractivity contribution in [3.8, 4) is 5.88 Å². The summed E-state index contributed by atoms with van der Waals surface area (Å²) in [6.07, 6.45) is 0. The Kier molecular flexibility index (Phi) is 3.38. The summed E-state index contributed by atoms with van der Waals surface area (Å²) in [4.78, 5) is 26.2. The van der Waals surface area contributed by atoms with Crippen LogP contribution in [0.2, 0.25) is 0 Å². The fourth-order valence-electron chi connectivity index (χ4n) is 1.03. The minimum Gasteiger partial charge on any atom is -0.481 e. The Morgan fingerprint density at radius 3 is 2.40 bits per heavy atom. The quantitative estimate of drug-likeness (QED) is 0.550. The average Bonchev–Trinajstić information content (AvgIpc) is 2.27. The van der Waals surface area contributed by atoms with Crippen LogP contribution in [0, 0.1) is 0 Å². The lowest BCUT2D eigenvalue weighted by atomic mass is 10.2. The van der Waals surface area contributed by atoms with Gasteiger partial charge in [-0.05, 0) is 6.07 Å². The zero-order valence-electron chi connectivity index (χ0n) is 8.73. The van der Waals surface area contributed by atoms with Crippen LogP contribution in [-0.4, -0.2) is 31.0 Å². The van der Waals surface area contributed by atoms with Crippen molar-refractivity contribution in [1.29, 1.82) is 0 Å². The van der Waals surface area contributed by atoms with Crippen LogP contribution in [0.4, 0.5) is 0 Å². The first-order valence-electron chi connectivity index (χ1n) is 4.23. The summed E-state index contributed by atoms with van der Waals surface area (Å²) in [6.45, 7) is 1.36. The SMILES string of the molecule is COC(=O)c1cc(OC)nc(C(C)=O)c1. The number of ether oxygens (including phenoxy) is 2. The summed E-state index contributed by atoms with van der Waals surface area (Å²) in [5, 5.41) is 0. The van der Waals surface area contributed by atoms with Crippen LogP contribution in [0.3, 0.4) is 0 Å². The van der Waals surface area contributed by atoms with Gasteiger partial charge in [-0.15, -0.1) is 0 Å². The van der Waals surface area contributed by atoms with Gasteiger partial charge >= 0.3 is 5.97 Å². The number of esters is 1. The number of aromatic nitrogens is 1. The van der Waals surface area contributed by atoms with Crippen LogP contribution in [0.1, 0.15) is 27.8 Å². The second-order valence-corrected chi connectivity index (χ2v) is 2.83. The Morgan fingerprint density at radius 2 is 1.93 bits per heavy atom. The van der Waals surface area contributed by atoms with Gasteiger partial charge in [0.15, 0.2) is 5.78 Å². The molecule has 0 fully saturated rings. The highest BCUT2D eigenvalue weighted by Crippen LogP contribution is 2.13. The highest BCUT2D eigenvalue weighted by molar-refractivity contribution is 5.96.